The number of benzene rings is 4. The number of para-hydroxylation sites is 1. The Balaban J connectivity index is 1.56. The van der Waals surface area contributed by atoms with Crippen LogP contribution in [0.15, 0.2) is 91.6 Å². The first-order valence-electron chi connectivity index (χ1n) is 12.5. The molecule has 5 aromatic rings. The van der Waals surface area contributed by atoms with Crippen LogP contribution in [0.2, 0.25) is 5.28 Å². The van der Waals surface area contributed by atoms with Crippen molar-refractivity contribution in [3.8, 4) is 5.75 Å². The van der Waals surface area contributed by atoms with Crippen LogP contribution in [0.3, 0.4) is 0 Å². The molecule has 0 spiro atoms. The Bertz CT molecular complexity index is 2430. The summed E-state index contributed by atoms with van der Waals surface area (Å²) in [7, 11) is -15.0. The van der Waals surface area contributed by atoms with Crippen LogP contribution < -0.4 is 16.4 Å². The van der Waals surface area contributed by atoms with Gasteiger partial charge < -0.3 is 21.5 Å². The normalized spacial score (nSPS) is 12.4. The van der Waals surface area contributed by atoms with E-state index >= 15 is 0 Å². The molecule has 244 valence electrons. The molecule has 5 rings (SSSR count). The average molecular weight is 723 g/mol. The van der Waals surface area contributed by atoms with Gasteiger partial charge in [0.15, 0.2) is 0 Å². The van der Waals surface area contributed by atoms with Crippen LogP contribution in [-0.4, -0.2) is 59.0 Å². The Labute approximate surface area is 270 Å². The lowest BCUT2D eigenvalue weighted by molar-refractivity contribution is 0.471. The Kier molecular flexibility index (Phi) is 8.72. The number of hydrogen-bond acceptors (Lipinski definition) is 15. The molecule has 22 heteroatoms. The van der Waals surface area contributed by atoms with Crippen LogP contribution in [0.1, 0.15) is 0 Å². The molecule has 8 N–H and O–H groups in total. The van der Waals surface area contributed by atoms with Gasteiger partial charge in [-0.15, -0.1) is 10.2 Å². The van der Waals surface area contributed by atoms with Gasteiger partial charge in [-0.2, -0.15) is 40.2 Å². The quantitative estimate of drug-likeness (QED) is 0.0620. The Morgan fingerprint density at radius 2 is 1.32 bits per heavy atom. The fourth-order valence-electron chi connectivity index (χ4n) is 4.17. The van der Waals surface area contributed by atoms with Gasteiger partial charge in [0.05, 0.1) is 10.6 Å². The van der Waals surface area contributed by atoms with Gasteiger partial charge in [0.2, 0.25) is 17.2 Å². The smallest absolute Gasteiger partial charge is 0.296 e. The second-order valence-electron chi connectivity index (χ2n) is 9.35. The second kappa shape index (κ2) is 12.3. The number of nitrogens with zero attached hydrogens (tertiary/aromatic N) is 5. The molecule has 47 heavy (non-hydrogen) atoms. The molecule has 0 atom stereocenters. The number of rotatable bonds is 9. The van der Waals surface area contributed by atoms with Crippen molar-refractivity contribution >= 4 is 93.1 Å². The number of phenolic OH excluding ortho intramolecular Hbond substituents is 1. The van der Waals surface area contributed by atoms with Crippen molar-refractivity contribution in [2.24, 2.45) is 10.2 Å². The SMILES string of the molecule is Nc1c(N=Nc2ccc(Nc3nc(Cl)nc(Nc4ccccc4)n3)cc2S(=O)(=O)O)c(S(=O)(=O)O)cc2cc(S(=O)(=O)O)cc(O)c12. The molecule has 18 nitrogen and oxygen atoms in total. The molecule has 0 saturated heterocycles. The van der Waals surface area contributed by atoms with Crippen LogP contribution in [0, 0.1) is 0 Å². The highest BCUT2D eigenvalue weighted by atomic mass is 35.5. The molecule has 0 unspecified atom stereocenters. The molecule has 0 aliphatic heterocycles. The lowest BCUT2D eigenvalue weighted by Crippen LogP contribution is -2.05. The molecule has 0 fully saturated rings. The number of nitrogens with one attached hydrogen (secondary N) is 2. The van der Waals surface area contributed by atoms with Gasteiger partial charge in [-0.05, 0) is 59.5 Å². The lowest BCUT2D eigenvalue weighted by atomic mass is 10.1. The van der Waals surface area contributed by atoms with Gasteiger partial charge in [-0.25, -0.2) is 0 Å². The van der Waals surface area contributed by atoms with Crippen molar-refractivity contribution in [3.63, 3.8) is 0 Å². The van der Waals surface area contributed by atoms with Crippen molar-refractivity contribution in [1.82, 2.24) is 15.0 Å². The maximum atomic E-state index is 12.3. The first-order valence-corrected chi connectivity index (χ1v) is 17.2. The minimum atomic E-state index is -5.16. The van der Waals surface area contributed by atoms with Gasteiger partial charge in [0.25, 0.3) is 30.4 Å². The summed E-state index contributed by atoms with van der Waals surface area (Å²) in [5.74, 6) is -0.902. The molecular weight excluding hydrogens is 704 g/mol. The third-order valence-corrected chi connectivity index (χ3v) is 8.88. The molecule has 0 amide bonds. The summed E-state index contributed by atoms with van der Waals surface area (Å²) in [5.41, 5.74) is 4.73. The zero-order valence-electron chi connectivity index (χ0n) is 23.0. The van der Waals surface area contributed by atoms with Gasteiger partial charge in [0.1, 0.15) is 26.9 Å². The largest absolute Gasteiger partial charge is 0.507 e. The Morgan fingerprint density at radius 3 is 1.91 bits per heavy atom. The predicted octanol–water partition coefficient (Wildman–Crippen LogP) is 4.61. The van der Waals surface area contributed by atoms with Gasteiger partial charge in [-0.3, -0.25) is 13.7 Å². The van der Waals surface area contributed by atoms with E-state index in [1.54, 1.807) is 30.3 Å². The van der Waals surface area contributed by atoms with Gasteiger partial charge in [-0.1, -0.05) is 18.2 Å². The molecule has 1 aromatic heterocycles. The minimum absolute atomic E-state index is 0.00732. The molecule has 0 radical (unpaired) electrons. The maximum Gasteiger partial charge on any atom is 0.296 e. The lowest BCUT2D eigenvalue weighted by Gasteiger charge is -2.12. The molecule has 0 bridgehead atoms. The molecule has 1 heterocycles. The molecule has 0 saturated carbocycles. The molecule has 4 aromatic carbocycles. The van der Waals surface area contributed by atoms with Crippen molar-refractivity contribution in [2.45, 2.75) is 14.7 Å². The summed E-state index contributed by atoms with van der Waals surface area (Å²) >= 11 is 6.01. The number of hydrogen-bond donors (Lipinski definition) is 7. The summed E-state index contributed by atoms with van der Waals surface area (Å²) in [6.07, 6.45) is 0. The summed E-state index contributed by atoms with van der Waals surface area (Å²) in [6.45, 7) is 0. The maximum absolute atomic E-state index is 12.3. The first-order chi connectivity index (χ1) is 21.9. The molecular formula is C25H19ClN8O10S3. The van der Waals surface area contributed by atoms with Crippen molar-refractivity contribution in [2.75, 3.05) is 16.4 Å². The number of fused-ring (bicyclic) bond motifs is 1. The Hall–Kier alpha value is -5.03. The number of azo groups is 1. The first kappa shape index (κ1) is 33.3. The fraction of sp³-hybridized carbons (Fsp3) is 0. The summed E-state index contributed by atoms with van der Waals surface area (Å²) in [6, 6.07) is 14.2. The van der Waals surface area contributed by atoms with Crippen LogP contribution in [0.5, 0.6) is 5.75 Å². The minimum Gasteiger partial charge on any atom is -0.507 e. The van der Waals surface area contributed by atoms with Crippen LogP contribution in [0.4, 0.5) is 40.3 Å². The van der Waals surface area contributed by atoms with Crippen molar-refractivity contribution < 1.29 is 44.0 Å². The van der Waals surface area contributed by atoms with E-state index < -0.39 is 67.9 Å². The molecule has 0 aliphatic carbocycles. The summed E-state index contributed by atoms with van der Waals surface area (Å²) in [5, 5.41) is 22.5. The number of halogens is 1. The van der Waals surface area contributed by atoms with Crippen LogP contribution in [-0.2, 0) is 30.4 Å². The topological polar surface area (TPSA) is 297 Å². The summed E-state index contributed by atoms with van der Waals surface area (Å²) < 4.78 is 101. The highest BCUT2D eigenvalue weighted by Gasteiger charge is 2.25. The number of nitrogen functional groups attached to an aromatic ring is 1. The number of anilines is 5. The van der Waals surface area contributed by atoms with E-state index in [1.807, 2.05) is 0 Å². The number of aromatic nitrogens is 3. The number of nitrogens with two attached hydrogens (primary N) is 1. The monoisotopic (exact) mass is 722 g/mol. The number of phenols is 1. The van der Waals surface area contributed by atoms with E-state index in [2.05, 4.69) is 35.8 Å². The standard InChI is InChI=1S/C25H19ClN8O10S3/c26-23-30-24(28-13-4-2-1-3-5-13)32-25(31-23)29-14-6-7-16(18(10-14)46(39,40)41)33-34-22-19(47(42,43)44)9-12-8-15(45(36,37)38)11-17(35)20(12)21(22)27/h1-11,35H,27H2,(H,36,37,38)(H,39,40,41)(H,42,43,44)(H2,28,29,30,31,32). The Morgan fingerprint density at radius 1 is 0.702 bits per heavy atom. The molecule has 0 aliphatic rings. The second-order valence-corrected chi connectivity index (χ2v) is 13.9. The third-order valence-electron chi connectivity index (χ3n) is 6.13. The van der Waals surface area contributed by atoms with E-state index in [-0.39, 0.29) is 33.6 Å². The van der Waals surface area contributed by atoms with Crippen molar-refractivity contribution in [3.05, 3.63) is 72.0 Å². The van der Waals surface area contributed by atoms with E-state index in [4.69, 9.17) is 17.3 Å². The van der Waals surface area contributed by atoms with E-state index in [1.165, 1.54) is 6.07 Å². The predicted molar refractivity (Wildman–Crippen MR) is 168 cm³/mol. The van der Waals surface area contributed by atoms with E-state index in [9.17, 15) is 44.0 Å². The van der Waals surface area contributed by atoms with Crippen LogP contribution in [0.25, 0.3) is 10.8 Å². The zero-order chi connectivity index (χ0) is 34.3. The highest BCUT2D eigenvalue weighted by molar-refractivity contribution is 7.86. The third kappa shape index (κ3) is 7.52. The van der Waals surface area contributed by atoms with E-state index in [0.717, 1.165) is 18.2 Å². The average Bonchev–Trinajstić information content (AvgIpc) is 2.95. The fourth-order valence-corrected chi connectivity index (χ4v) is 6.18. The van der Waals surface area contributed by atoms with Crippen molar-refractivity contribution in [1.29, 1.82) is 0 Å². The number of aromatic hydroxyl groups is 1. The van der Waals surface area contributed by atoms with Crippen LogP contribution >= 0.6 is 11.6 Å². The van der Waals surface area contributed by atoms with E-state index in [0.29, 0.717) is 17.8 Å². The van der Waals surface area contributed by atoms with Gasteiger partial charge >= 0.3 is 0 Å². The highest BCUT2D eigenvalue weighted by Crippen LogP contribution is 2.43. The van der Waals surface area contributed by atoms with Gasteiger partial charge in [0, 0.05) is 22.8 Å². The summed E-state index contributed by atoms with van der Waals surface area (Å²) in [4.78, 5) is 9.40. The zero-order valence-corrected chi connectivity index (χ0v) is 26.2.